The molecule has 0 saturated carbocycles. The summed E-state index contributed by atoms with van der Waals surface area (Å²) in [6.45, 7) is 5.98. The van der Waals surface area contributed by atoms with Crippen LogP contribution in [0.3, 0.4) is 0 Å². The summed E-state index contributed by atoms with van der Waals surface area (Å²) in [6.07, 6.45) is 5.24. The van der Waals surface area contributed by atoms with Gasteiger partial charge >= 0.3 is 0 Å². The molecule has 3 nitrogen and oxygen atoms in total. The topological polar surface area (TPSA) is 29.9 Å². The molecule has 1 heterocycles. The lowest BCUT2D eigenvalue weighted by Gasteiger charge is -2.08. The lowest BCUT2D eigenvalue weighted by Crippen LogP contribution is -2.01. The Balaban J connectivity index is 2.07. The maximum Gasteiger partial charge on any atom is 0.128 e. The van der Waals surface area contributed by atoms with E-state index in [0.717, 1.165) is 11.3 Å². The minimum absolute atomic E-state index is 0.197. The Bertz CT molecular complexity index is 531. The molecule has 0 radical (unpaired) electrons. The number of halogens is 1. The molecule has 1 N–H and O–H groups in total. The molecule has 88 valence electrons. The van der Waals surface area contributed by atoms with Crippen LogP contribution in [0.2, 0.25) is 0 Å². The molecule has 0 amide bonds. The molecule has 1 aromatic carbocycles. The standard InChI is InChI=1S/C13H14FN3/c1-3-17-9-11(8-16-17)7-15-13-6-4-5-12(14)10(13)2/h3-6,8-9,15H,1,7H2,2H3. The lowest BCUT2D eigenvalue weighted by atomic mass is 10.2. The molecule has 0 unspecified atom stereocenters. The van der Waals surface area contributed by atoms with E-state index in [1.165, 1.54) is 6.07 Å². The second-order valence-electron chi connectivity index (χ2n) is 3.78. The molecule has 0 fully saturated rings. The van der Waals surface area contributed by atoms with Gasteiger partial charge in [-0.1, -0.05) is 12.6 Å². The highest BCUT2D eigenvalue weighted by molar-refractivity contribution is 5.51. The van der Waals surface area contributed by atoms with Crippen molar-refractivity contribution in [2.75, 3.05) is 5.32 Å². The molecule has 1 aromatic heterocycles. The zero-order valence-electron chi connectivity index (χ0n) is 9.65. The average molecular weight is 231 g/mol. The van der Waals surface area contributed by atoms with E-state index in [1.807, 2.05) is 12.3 Å². The number of nitrogens with one attached hydrogen (secondary N) is 1. The zero-order valence-corrected chi connectivity index (χ0v) is 9.65. The second kappa shape index (κ2) is 4.82. The molecule has 0 aliphatic carbocycles. The Labute approximate surface area is 99.6 Å². The maximum atomic E-state index is 13.3. The summed E-state index contributed by atoms with van der Waals surface area (Å²) in [5.41, 5.74) is 2.45. The van der Waals surface area contributed by atoms with Crippen LogP contribution in [-0.4, -0.2) is 9.78 Å². The van der Waals surface area contributed by atoms with Crippen LogP contribution in [0.1, 0.15) is 11.1 Å². The molecule has 0 aliphatic heterocycles. The maximum absolute atomic E-state index is 13.3. The largest absolute Gasteiger partial charge is 0.381 e. The fourth-order valence-electron chi connectivity index (χ4n) is 1.56. The van der Waals surface area contributed by atoms with Crippen molar-refractivity contribution in [3.8, 4) is 0 Å². The molecule has 0 atom stereocenters. The third-order valence-corrected chi connectivity index (χ3v) is 2.59. The summed E-state index contributed by atoms with van der Waals surface area (Å²) in [5.74, 6) is -0.197. The summed E-state index contributed by atoms with van der Waals surface area (Å²) >= 11 is 0. The van der Waals surface area contributed by atoms with E-state index in [0.29, 0.717) is 12.1 Å². The third kappa shape index (κ3) is 2.53. The summed E-state index contributed by atoms with van der Waals surface area (Å²) in [5, 5.41) is 7.25. The van der Waals surface area contributed by atoms with E-state index in [2.05, 4.69) is 17.0 Å². The number of aromatic nitrogens is 2. The second-order valence-corrected chi connectivity index (χ2v) is 3.78. The molecule has 2 aromatic rings. The van der Waals surface area contributed by atoms with E-state index >= 15 is 0 Å². The molecule has 17 heavy (non-hydrogen) atoms. The van der Waals surface area contributed by atoms with Gasteiger partial charge in [-0.25, -0.2) is 9.07 Å². The van der Waals surface area contributed by atoms with Crippen LogP contribution >= 0.6 is 0 Å². The Morgan fingerprint density at radius 3 is 3.06 bits per heavy atom. The number of nitrogens with zero attached hydrogens (tertiary/aromatic N) is 2. The van der Waals surface area contributed by atoms with Crippen LogP contribution < -0.4 is 5.32 Å². The predicted octanol–water partition coefficient (Wildman–Crippen LogP) is 3.04. The predicted molar refractivity (Wildman–Crippen MR) is 67.1 cm³/mol. The molecular weight excluding hydrogens is 217 g/mol. The zero-order chi connectivity index (χ0) is 12.3. The third-order valence-electron chi connectivity index (χ3n) is 2.59. The first kappa shape index (κ1) is 11.4. The number of rotatable bonds is 4. The number of anilines is 1. The summed E-state index contributed by atoms with van der Waals surface area (Å²) in [6, 6.07) is 5.00. The Morgan fingerprint density at radius 2 is 2.35 bits per heavy atom. The minimum Gasteiger partial charge on any atom is -0.381 e. The van der Waals surface area contributed by atoms with E-state index < -0.39 is 0 Å². The number of hydrogen-bond donors (Lipinski definition) is 1. The lowest BCUT2D eigenvalue weighted by molar-refractivity contribution is 0.619. The van der Waals surface area contributed by atoms with Crippen LogP contribution in [0.25, 0.3) is 6.20 Å². The van der Waals surface area contributed by atoms with Crippen LogP contribution in [0.15, 0.2) is 37.2 Å². The van der Waals surface area contributed by atoms with Gasteiger partial charge in [0, 0.05) is 35.8 Å². The highest BCUT2D eigenvalue weighted by Gasteiger charge is 2.03. The van der Waals surface area contributed by atoms with Gasteiger partial charge in [-0.15, -0.1) is 0 Å². The first-order valence-corrected chi connectivity index (χ1v) is 5.35. The van der Waals surface area contributed by atoms with Crippen molar-refractivity contribution in [3.63, 3.8) is 0 Å². The van der Waals surface area contributed by atoms with Gasteiger partial charge in [0.1, 0.15) is 5.82 Å². The average Bonchev–Trinajstić information content (AvgIpc) is 2.79. The van der Waals surface area contributed by atoms with E-state index in [9.17, 15) is 4.39 Å². The van der Waals surface area contributed by atoms with Crippen molar-refractivity contribution in [3.05, 3.63) is 54.1 Å². The van der Waals surface area contributed by atoms with Gasteiger partial charge in [-0.05, 0) is 19.1 Å². The van der Waals surface area contributed by atoms with Gasteiger partial charge in [-0.2, -0.15) is 5.10 Å². The van der Waals surface area contributed by atoms with Gasteiger partial charge < -0.3 is 5.32 Å². The van der Waals surface area contributed by atoms with Gasteiger partial charge in [0.2, 0.25) is 0 Å². The molecular formula is C13H14FN3. The van der Waals surface area contributed by atoms with Crippen LogP contribution in [0.4, 0.5) is 10.1 Å². The highest BCUT2D eigenvalue weighted by Crippen LogP contribution is 2.18. The molecule has 0 bridgehead atoms. The van der Waals surface area contributed by atoms with E-state index in [1.54, 1.807) is 30.1 Å². The van der Waals surface area contributed by atoms with Crippen molar-refractivity contribution >= 4 is 11.9 Å². The minimum atomic E-state index is -0.197. The molecule has 0 aliphatic rings. The summed E-state index contributed by atoms with van der Waals surface area (Å²) in [7, 11) is 0. The van der Waals surface area contributed by atoms with E-state index in [4.69, 9.17) is 0 Å². The van der Waals surface area contributed by atoms with Gasteiger partial charge in [0.05, 0.1) is 6.20 Å². The van der Waals surface area contributed by atoms with Crippen LogP contribution in [0.5, 0.6) is 0 Å². The smallest absolute Gasteiger partial charge is 0.128 e. The molecule has 2 rings (SSSR count). The van der Waals surface area contributed by atoms with Crippen LogP contribution in [-0.2, 0) is 6.54 Å². The first-order valence-electron chi connectivity index (χ1n) is 5.35. The molecule has 0 saturated heterocycles. The van der Waals surface area contributed by atoms with Crippen molar-refractivity contribution in [1.29, 1.82) is 0 Å². The normalized spacial score (nSPS) is 10.2. The van der Waals surface area contributed by atoms with Gasteiger partial charge in [0.25, 0.3) is 0 Å². The fourth-order valence-corrected chi connectivity index (χ4v) is 1.56. The molecule has 4 heteroatoms. The van der Waals surface area contributed by atoms with Crippen molar-refractivity contribution in [2.45, 2.75) is 13.5 Å². The molecule has 0 spiro atoms. The highest BCUT2D eigenvalue weighted by atomic mass is 19.1. The number of hydrogen-bond acceptors (Lipinski definition) is 2. The Hall–Kier alpha value is -2.10. The SMILES string of the molecule is C=Cn1cc(CNc2cccc(F)c2C)cn1. The van der Waals surface area contributed by atoms with E-state index in [-0.39, 0.29) is 5.82 Å². The van der Waals surface area contributed by atoms with Crippen molar-refractivity contribution in [2.24, 2.45) is 0 Å². The monoisotopic (exact) mass is 231 g/mol. The Morgan fingerprint density at radius 1 is 1.53 bits per heavy atom. The van der Waals surface area contributed by atoms with Gasteiger partial charge in [0.15, 0.2) is 0 Å². The van der Waals surface area contributed by atoms with Crippen molar-refractivity contribution in [1.82, 2.24) is 9.78 Å². The fraction of sp³-hybridized carbons (Fsp3) is 0.154. The summed E-state index contributed by atoms with van der Waals surface area (Å²) < 4.78 is 14.9. The van der Waals surface area contributed by atoms with Crippen LogP contribution in [0, 0.1) is 12.7 Å². The summed E-state index contributed by atoms with van der Waals surface area (Å²) in [4.78, 5) is 0. The number of benzene rings is 1. The van der Waals surface area contributed by atoms with Crippen molar-refractivity contribution < 1.29 is 4.39 Å². The Kier molecular flexibility index (Phi) is 3.23. The quantitative estimate of drug-likeness (QED) is 0.876. The van der Waals surface area contributed by atoms with Gasteiger partial charge in [-0.3, -0.25) is 0 Å². The first-order chi connectivity index (χ1) is 8.20.